The summed E-state index contributed by atoms with van der Waals surface area (Å²) in [6, 6.07) is 15.3. The fourth-order valence-electron chi connectivity index (χ4n) is 1.61. The first-order valence-corrected chi connectivity index (χ1v) is 6.69. The molecule has 4 nitrogen and oxygen atoms in total. The number of nitrogens with one attached hydrogen (secondary N) is 1. The van der Waals surface area contributed by atoms with Gasteiger partial charge in [-0.1, -0.05) is 12.1 Å². The zero-order chi connectivity index (χ0) is 12.4. The van der Waals surface area contributed by atoms with Gasteiger partial charge in [0.15, 0.2) is 11.5 Å². The van der Waals surface area contributed by atoms with E-state index in [1.54, 1.807) is 7.11 Å². The third-order valence-electron chi connectivity index (χ3n) is 2.52. The molecule has 1 heterocycles. The Morgan fingerprint density at radius 3 is 2.11 bits per heavy atom. The minimum atomic E-state index is -1.15. The molecule has 0 bridgehead atoms. The normalized spacial score (nSPS) is 13.4. The van der Waals surface area contributed by atoms with Crippen molar-refractivity contribution in [2.45, 2.75) is 0 Å². The zero-order valence-corrected chi connectivity index (χ0v) is 10.7. The van der Waals surface area contributed by atoms with Gasteiger partial charge < -0.3 is 13.8 Å². The third kappa shape index (κ3) is 2.20. The Kier molecular flexibility index (Phi) is 2.95. The highest BCUT2D eigenvalue weighted by Gasteiger charge is 2.25. The Morgan fingerprint density at radius 1 is 0.944 bits per heavy atom. The standard InChI is InChI=1S/C13H12NO3P/c1-15-11-8-6-10(7-9-11)14-18-16-12-4-2-3-5-13(12)17-18/h2-9,14H,1H3. The molecule has 5 heteroatoms. The number of para-hydroxylation sites is 2. The van der Waals surface area contributed by atoms with Crippen LogP contribution >= 0.6 is 8.53 Å². The van der Waals surface area contributed by atoms with E-state index in [2.05, 4.69) is 5.09 Å². The fraction of sp³-hybridized carbons (Fsp3) is 0.0769. The molecular weight excluding hydrogens is 249 g/mol. The van der Waals surface area contributed by atoms with E-state index in [1.807, 2.05) is 48.5 Å². The maximum atomic E-state index is 5.67. The van der Waals surface area contributed by atoms with E-state index in [1.165, 1.54) is 0 Å². The zero-order valence-electron chi connectivity index (χ0n) is 9.79. The Morgan fingerprint density at radius 2 is 1.56 bits per heavy atom. The van der Waals surface area contributed by atoms with E-state index in [-0.39, 0.29) is 0 Å². The second-order valence-electron chi connectivity index (χ2n) is 3.73. The lowest BCUT2D eigenvalue weighted by atomic mass is 10.3. The first-order valence-electron chi connectivity index (χ1n) is 5.51. The molecule has 1 aliphatic rings. The minimum Gasteiger partial charge on any atom is -0.497 e. The average Bonchev–Trinajstić information content (AvgIpc) is 2.82. The van der Waals surface area contributed by atoms with Gasteiger partial charge in [0.25, 0.3) is 0 Å². The average molecular weight is 261 g/mol. The van der Waals surface area contributed by atoms with Gasteiger partial charge in [0.2, 0.25) is 0 Å². The number of hydrogen-bond donors (Lipinski definition) is 1. The molecule has 0 atom stereocenters. The third-order valence-corrected chi connectivity index (χ3v) is 3.69. The van der Waals surface area contributed by atoms with Crippen LogP contribution in [-0.2, 0) is 0 Å². The summed E-state index contributed by atoms with van der Waals surface area (Å²) in [4.78, 5) is 0. The molecule has 0 saturated carbocycles. The molecular formula is C13H12NO3P. The molecule has 0 fully saturated rings. The number of fused-ring (bicyclic) bond motifs is 1. The van der Waals surface area contributed by atoms with Gasteiger partial charge >= 0.3 is 8.53 Å². The van der Waals surface area contributed by atoms with Crippen LogP contribution in [0.2, 0.25) is 0 Å². The van der Waals surface area contributed by atoms with Crippen LogP contribution in [0.1, 0.15) is 0 Å². The maximum Gasteiger partial charge on any atom is 0.414 e. The smallest absolute Gasteiger partial charge is 0.414 e. The molecule has 0 unspecified atom stereocenters. The van der Waals surface area contributed by atoms with Crippen molar-refractivity contribution in [2.75, 3.05) is 12.2 Å². The van der Waals surface area contributed by atoms with Gasteiger partial charge in [-0.25, -0.2) is 0 Å². The number of hydrogen-bond acceptors (Lipinski definition) is 4. The van der Waals surface area contributed by atoms with Crippen molar-refractivity contribution in [3.05, 3.63) is 48.5 Å². The summed E-state index contributed by atoms with van der Waals surface area (Å²) < 4.78 is 16.4. The van der Waals surface area contributed by atoms with E-state index in [4.69, 9.17) is 13.8 Å². The number of methoxy groups -OCH3 is 1. The molecule has 0 saturated heterocycles. The summed E-state index contributed by atoms with van der Waals surface area (Å²) in [6.07, 6.45) is 0. The van der Waals surface area contributed by atoms with Crippen molar-refractivity contribution in [1.82, 2.24) is 0 Å². The molecule has 1 aliphatic heterocycles. The van der Waals surface area contributed by atoms with Crippen LogP contribution in [0.5, 0.6) is 17.2 Å². The van der Waals surface area contributed by atoms with Gasteiger partial charge in [0, 0.05) is 5.69 Å². The van der Waals surface area contributed by atoms with Gasteiger partial charge in [0.1, 0.15) is 5.75 Å². The predicted molar refractivity (Wildman–Crippen MR) is 71.2 cm³/mol. The van der Waals surface area contributed by atoms with Crippen molar-refractivity contribution >= 4 is 14.2 Å². The van der Waals surface area contributed by atoms with Crippen LogP contribution in [-0.4, -0.2) is 7.11 Å². The van der Waals surface area contributed by atoms with E-state index in [9.17, 15) is 0 Å². The van der Waals surface area contributed by atoms with Crippen molar-refractivity contribution in [3.8, 4) is 17.2 Å². The molecule has 18 heavy (non-hydrogen) atoms. The summed E-state index contributed by atoms with van der Waals surface area (Å²) in [5, 5.41) is 3.20. The number of benzene rings is 2. The second kappa shape index (κ2) is 4.75. The summed E-state index contributed by atoms with van der Waals surface area (Å²) in [7, 11) is 0.492. The van der Waals surface area contributed by atoms with Gasteiger partial charge in [-0.15, -0.1) is 0 Å². The van der Waals surface area contributed by atoms with E-state index in [0.717, 1.165) is 22.9 Å². The van der Waals surface area contributed by atoms with E-state index < -0.39 is 8.53 Å². The lowest BCUT2D eigenvalue weighted by molar-refractivity contribution is 0.415. The number of ether oxygens (including phenoxy) is 1. The predicted octanol–water partition coefficient (Wildman–Crippen LogP) is 3.81. The van der Waals surface area contributed by atoms with Crippen molar-refractivity contribution in [3.63, 3.8) is 0 Å². The number of rotatable bonds is 3. The first kappa shape index (κ1) is 11.2. The quantitative estimate of drug-likeness (QED) is 0.853. The molecule has 2 aromatic carbocycles. The Bertz CT molecular complexity index is 519. The van der Waals surface area contributed by atoms with E-state index in [0.29, 0.717) is 0 Å². The molecule has 92 valence electrons. The summed E-state index contributed by atoms with van der Waals surface area (Å²) >= 11 is 0. The van der Waals surface area contributed by atoms with Gasteiger partial charge in [0.05, 0.1) is 7.11 Å². The molecule has 2 aromatic rings. The fourth-order valence-corrected chi connectivity index (χ4v) is 2.76. The summed E-state index contributed by atoms with van der Waals surface area (Å²) in [5.41, 5.74) is 0.940. The SMILES string of the molecule is COc1ccc(NP2Oc3ccccc3O2)cc1. The highest BCUT2D eigenvalue weighted by Crippen LogP contribution is 2.51. The molecule has 0 spiro atoms. The molecule has 0 aliphatic carbocycles. The maximum absolute atomic E-state index is 5.67. The minimum absolute atomic E-state index is 0.782. The van der Waals surface area contributed by atoms with Gasteiger partial charge in [-0.2, -0.15) is 0 Å². The van der Waals surface area contributed by atoms with Crippen LogP contribution in [0.25, 0.3) is 0 Å². The monoisotopic (exact) mass is 261 g/mol. The van der Waals surface area contributed by atoms with Crippen LogP contribution < -0.4 is 18.9 Å². The van der Waals surface area contributed by atoms with Crippen molar-refractivity contribution in [2.24, 2.45) is 0 Å². The van der Waals surface area contributed by atoms with Crippen LogP contribution in [0.15, 0.2) is 48.5 Å². The Balaban J connectivity index is 1.68. The lowest BCUT2D eigenvalue weighted by Gasteiger charge is -2.10. The highest BCUT2D eigenvalue weighted by molar-refractivity contribution is 7.50. The van der Waals surface area contributed by atoms with E-state index >= 15 is 0 Å². The molecule has 1 N–H and O–H groups in total. The summed E-state index contributed by atoms with van der Waals surface area (Å²) in [6.45, 7) is 0. The topological polar surface area (TPSA) is 39.7 Å². The van der Waals surface area contributed by atoms with Crippen LogP contribution in [0.3, 0.4) is 0 Å². The van der Waals surface area contributed by atoms with Gasteiger partial charge in [-0.05, 0) is 36.4 Å². The Hall–Kier alpha value is -1.93. The molecule has 3 rings (SSSR count). The van der Waals surface area contributed by atoms with Gasteiger partial charge in [-0.3, -0.25) is 5.09 Å². The van der Waals surface area contributed by atoms with Crippen LogP contribution in [0.4, 0.5) is 5.69 Å². The molecule has 0 radical (unpaired) electrons. The molecule has 0 aromatic heterocycles. The van der Waals surface area contributed by atoms with Crippen molar-refractivity contribution in [1.29, 1.82) is 0 Å². The highest BCUT2D eigenvalue weighted by atomic mass is 31.2. The first-order chi connectivity index (χ1) is 8.85. The largest absolute Gasteiger partial charge is 0.497 e. The lowest BCUT2D eigenvalue weighted by Crippen LogP contribution is -1.97. The Labute approximate surface area is 106 Å². The molecule has 0 amide bonds. The summed E-state index contributed by atoms with van der Waals surface area (Å²) in [5.74, 6) is 2.39. The number of anilines is 1. The van der Waals surface area contributed by atoms with Crippen LogP contribution in [0, 0.1) is 0 Å². The second-order valence-corrected chi connectivity index (χ2v) is 4.83. The van der Waals surface area contributed by atoms with Crippen molar-refractivity contribution < 1.29 is 13.8 Å².